The molecule has 1 atom stereocenters. The third-order valence-corrected chi connectivity index (χ3v) is 3.70. The minimum Gasteiger partial charge on any atom is -0.354 e. The lowest BCUT2D eigenvalue weighted by Gasteiger charge is -2.22. The van der Waals surface area contributed by atoms with Crippen LogP contribution in [0.25, 0.3) is 0 Å². The number of hydrogen-bond donors (Lipinski definition) is 0. The maximum Gasteiger partial charge on any atom is 0.165 e. The summed E-state index contributed by atoms with van der Waals surface area (Å²) in [6.07, 6.45) is 4.73. The van der Waals surface area contributed by atoms with Crippen molar-refractivity contribution in [1.82, 2.24) is 9.88 Å². The Kier molecular flexibility index (Phi) is 4.53. The van der Waals surface area contributed by atoms with Gasteiger partial charge in [0.2, 0.25) is 0 Å². The summed E-state index contributed by atoms with van der Waals surface area (Å²) < 4.78 is 0. The number of rotatable bonds is 5. The largest absolute Gasteiger partial charge is 0.354 e. The number of aromatic nitrogens is 1. The van der Waals surface area contributed by atoms with E-state index in [4.69, 9.17) is 0 Å². The fourth-order valence-electron chi connectivity index (χ4n) is 2.46. The van der Waals surface area contributed by atoms with Gasteiger partial charge in [0, 0.05) is 37.3 Å². The summed E-state index contributed by atoms with van der Waals surface area (Å²) in [6, 6.07) is 4.44. The lowest BCUT2D eigenvalue weighted by Crippen LogP contribution is -2.27. The standard InChI is InChI=1S/C15H23N3O/c1-12-5-4-9-18(12)15-7-6-13(11-16-15)14(19)8-10-17(2)3/h6-7,11-12H,4-5,8-10H2,1-3H3. The normalized spacial score (nSPS) is 19.2. The van der Waals surface area contributed by atoms with Crippen LogP contribution in [0, 0.1) is 0 Å². The third-order valence-electron chi connectivity index (χ3n) is 3.70. The molecule has 1 aromatic heterocycles. The van der Waals surface area contributed by atoms with Gasteiger partial charge in [0.15, 0.2) is 5.78 Å². The summed E-state index contributed by atoms with van der Waals surface area (Å²) in [5, 5.41) is 0. The first-order valence-corrected chi connectivity index (χ1v) is 6.98. The van der Waals surface area contributed by atoms with Gasteiger partial charge in [-0.2, -0.15) is 0 Å². The summed E-state index contributed by atoms with van der Waals surface area (Å²) in [5.74, 6) is 1.16. The zero-order chi connectivity index (χ0) is 13.8. The van der Waals surface area contributed by atoms with Crippen molar-refractivity contribution >= 4 is 11.6 Å². The Morgan fingerprint density at radius 3 is 2.79 bits per heavy atom. The van der Waals surface area contributed by atoms with Gasteiger partial charge in [-0.25, -0.2) is 4.98 Å². The summed E-state index contributed by atoms with van der Waals surface area (Å²) in [4.78, 5) is 20.7. The predicted molar refractivity (Wildman–Crippen MR) is 77.8 cm³/mol. The van der Waals surface area contributed by atoms with Crippen molar-refractivity contribution in [3.05, 3.63) is 23.9 Å². The number of carbonyl (C=O) groups excluding carboxylic acids is 1. The molecule has 0 aromatic carbocycles. The highest BCUT2D eigenvalue weighted by Gasteiger charge is 2.21. The second kappa shape index (κ2) is 6.15. The molecule has 0 bridgehead atoms. The van der Waals surface area contributed by atoms with Gasteiger partial charge in [0.1, 0.15) is 5.82 Å². The van der Waals surface area contributed by atoms with Gasteiger partial charge in [-0.05, 0) is 46.0 Å². The molecule has 4 nitrogen and oxygen atoms in total. The van der Waals surface area contributed by atoms with Crippen LogP contribution in [0.15, 0.2) is 18.3 Å². The van der Waals surface area contributed by atoms with Gasteiger partial charge < -0.3 is 9.80 Å². The molecule has 2 rings (SSSR count). The van der Waals surface area contributed by atoms with E-state index in [9.17, 15) is 4.79 Å². The van der Waals surface area contributed by atoms with E-state index in [2.05, 4.69) is 16.8 Å². The van der Waals surface area contributed by atoms with Crippen LogP contribution in [0.4, 0.5) is 5.82 Å². The van der Waals surface area contributed by atoms with Gasteiger partial charge in [0.25, 0.3) is 0 Å². The van der Waals surface area contributed by atoms with Crippen molar-refractivity contribution in [2.75, 3.05) is 32.1 Å². The molecule has 0 saturated carbocycles. The van der Waals surface area contributed by atoms with Crippen molar-refractivity contribution < 1.29 is 4.79 Å². The van der Waals surface area contributed by atoms with Gasteiger partial charge in [-0.1, -0.05) is 0 Å². The number of carbonyl (C=O) groups is 1. The highest BCUT2D eigenvalue weighted by atomic mass is 16.1. The van der Waals surface area contributed by atoms with Crippen LogP contribution in [0.1, 0.15) is 36.5 Å². The molecule has 2 heterocycles. The van der Waals surface area contributed by atoms with Gasteiger partial charge in [-0.15, -0.1) is 0 Å². The van der Waals surface area contributed by atoms with Crippen LogP contribution < -0.4 is 4.90 Å². The fraction of sp³-hybridized carbons (Fsp3) is 0.600. The molecule has 0 amide bonds. The number of Topliss-reactive ketones (excluding diaryl/α,β-unsaturated/α-hetero) is 1. The second-order valence-electron chi connectivity index (χ2n) is 5.57. The Bertz CT molecular complexity index is 428. The minimum atomic E-state index is 0.169. The zero-order valence-electron chi connectivity index (χ0n) is 12.1. The second-order valence-corrected chi connectivity index (χ2v) is 5.57. The van der Waals surface area contributed by atoms with Crippen molar-refractivity contribution in [2.45, 2.75) is 32.2 Å². The predicted octanol–water partition coefficient (Wildman–Crippen LogP) is 2.20. The van der Waals surface area contributed by atoms with Crippen molar-refractivity contribution in [3.8, 4) is 0 Å². The van der Waals surface area contributed by atoms with Crippen LogP contribution in [-0.2, 0) is 0 Å². The quantitative estimate of drug-likeness (QED) is 0.761. The smallest absolute Gasteiger partial charge is 0.165 e. The van der Waals surface area contributed by atoms with Crippen molar-refractivity contribution in [2.24, 2.45) is 0 Å². The van der Waals surface area contributed by atoms with Gasteiger partial charge in [-0.3, -0.25) is 4.79 Å². The van der Waals surface area contributed by atoms with E-state index < -0.39 is 0 Å². The van der Waals surface area contributed by atoms with Gasteiger partial charge in [0.05, 0.1) is 0 Å². The van der Waals surface area contributed by atoms with E-state index in [1.165, 1.54) is 12.8 Å². The lowest BCUT2D eigenvalue weighted by molar-refractivity contribution is 0.0972. The first-order valence-electron chi connectivity index (χ1n) is 6.98. The first-order chi connectivity index (χ1) is 9.08. The summed E-state index contributed by atoms with van der Waals surface area (Å²) in [5.41, 5.74) is 0.720. The Balaban J connectivity index is 2.00. The molecule has 1 fully saturated rings. The molecular weight excluding hydrogens is 238 g/mol. The molecule has 1 unspecified atom stereocenters. The SMILES string of the molecule is CC1CCCN1c1ccc(C(=O)CCN(C)C)cn1. The highest BCUT2D eigenvalue weighted by Crippen LogP contribution is 2.23. The highest BCUT2D eigenvalue weighted by molar-refractivity contribution is 5.96. The number of nitrogens with zero attached hydrogens (tertiary/aromatic N) is 3. The molecule has 104 valence electrons. The Morgan fingerprint density at radius 1 is 1.47 bits per heavy atom. The monoisotopic (exact) mass is 261 g/mol. The molecule has 0 N–H and O–H groups in total. The first kappa shape index (κ1) is 14.0. The average Bonchev–Trinajstić information content (AvgIpc) is 2.82. The third kappa shape index (κ3) is 3.53. The van der Waals surface area contributed by atoms with Crippen LogP contribution in [0.3, 0.4) is 0 Å². The van der Waals surface area contributed by atoms with Crippen molar-refractivity contribution in [1.29, 1.82) is 0 Å². The number of hydrogen-bond acceptors (Lipinski definition) is 4. The fourth-order valence-corrected chi connectivity index (χ4v) is 2.46. The van der Waals surface area contributed by atoms with Gasteiger partial charge >= 0.3 is 0 Å². The van der Waals surface area contributed by atoms with Crippen LogP contribution in [0.5, 0.6) is 0 Å². The average molecular weight is 261 g/mol. The molecule has 1 aliphatic rings. The molecular formula is C15H23N3O. The molecule has 0 radical (unpaired) electrons. The van der Waals surface area contributed by atoms with Crippen LogP contribution in [-0.4, -0.2) is 48.9 Å². The number of pyridine rings is 1. The minimum absolute atomic E-state index is 0.169. The molecule has 0 spiro atoms. The topological polar surface area (TPSA) is 36.4 Å². The Labute approximate surface area is 115 Å². The molecule has 1 aromatic rings. The van der Waals surface area contributed by atoms with Crippen LogP contribution >= 0.6 is 0 Å². The summed E-state index contributed by atoms with van der Waals surface area (Å²) in [7, 11) is 3.95. The summed E-state index contributed by atoms with van der Waals surface area (Å²) in [6.45, 7) is 4.08. The molecule has 4 heteroatoms. The van der Waals surface area contributed by atoms with E-state index in [1.807, 2.05) is 31.1 Å². The van der Waals surface area contributed by atoms with E-state index in [1.54, 1.807) is 6.20 Å². The molecule has 19 heavy (non-hydrogen) atoms. The Hall–Kier alpha value is -1.42. The van der Waals surface area contributed by atoms with Crippen molar-refractivity contribution in [3.63, 3.8) is 0 Å². The summed E-state index contributed by atoms with van der Waals surface area (Å²) >= 11 is 0. The Morgan fingerprint density at radius 2 is 2.26 bits per heavy atom. The maximum absolute atomic E-state index is 12.0. The molecule has 1 aliphatic heterocycles. The van der Waals surface area contributed by atoms with E-state index in [-0.39, 0.29) is 5.78 Å². The van der Waals surface area contributed by atoms with Crippen LogP contribution in [0.2, 0.25) is 0 Å². The molecule has 0 aliphatic carbocycles. The molecule has 1 saturated heterocycles. The lowest BCUT2D eigenvalue weighted by atomic mass is 10.1. The van der Waals surface area contributed by atoms with E-state index in [0.29, 0.717) is 12.5 Å². The van der Waals surface area contributed by atoms with E-state index >= 15 is 0 Å². The maximum atomic E-state index is 12.0. The number of anilines is 1. The van der Waals surface area contributed by atoms with E-state index in [0.717, 1.165) is 24.5 Å². The zero-order valence-corrected chi connectivity index (χ0v) is 12.1. The number of ketones is 1.